The molecule has 2 aromatic heterocycles. The number of hydrogen-bond acceptors (Lipinski definition) is 6. The number of hydrogen-bond donors (Lipinski definition) is 0. The number of aryl methyl sites for hydroxylation is 1. The van der Waals surface area contributed by atoms with Crippen molar-refractivity contribution >= 4 is 27.8 Å². The zero-order chi connectivity index (χ0) is 20.2. The fourth-order valence-corrected chi connectivity index (χ4v) is 3.92. The summed E-state index contributed by atoms with van der Waals surface area (Å²) in [6.45, 7) is 2.04. The van der Waals surface area contributed by atoms with Crippen molar-refractivity contribution in [2.75, 3.05) is 4.90 Å². The number of anilines is 3. The third-order valence-electron chi connectivity index (χ3n) is 4.52. The maximum Gasteiger partial charge on any atom is 0.195 e. The number of thiazole rings is 1. The first-order chi connectivity index (χ1) is 14.2. The van der Waals surface area contributed by atoms with Gasteiger partial charge in [-0.1, -0.05) is 18.2 Å². The lowest BCUT2D eigenvalue weighted by atomic mass is 10.1. The largest absolute Gasteiger partial charge is 0.286 e. The summed E-state index contributed by atoms with van der Waals surface area (Å²) < 4.78 is 0. The molecule has 6 heteroatoms. The van der Waals surface area contributed by atoms with Gasteiger partial charge in [0.2, 0.25) is 0 Å². The molecule has 4 rings (SSSR count). The van der Waals surface area contributed by atoms with Crippen molar-refractivity contribution in [3.8, 4) is 23.4 Å². The standard InChI is InChI=1S/C23H15N5S/c1-16-4-2-3-5-22(16)28(20-7-6-18(13-24)19(12-20)14-25)23-27-21(15-29-23)17-8-10-26-11-9-17/h2-12,15H,1H3. The van der Waals surface area contributed by atoms with Gasteiger partial charge in [0, 0.05) is 29.0 Å². The molecule has 0 aliphatic heterocycles. The summed E-state index contributed by atoms with van der Waals surface area (Å²) in [5.74, 6) is 0. The van der Waals surface area contributed by atoms with Crippen molar-refractivity contribution in [3.63, 3.8) is 0 Å². The van der Waals surface area contributed by atoms with Crippen LogP contribution in [0.1, 0.15) is 16.7 Å². The van der Waals surface area contributed by atoms with E-state index in [0.717, 1.165) is 33.3 Å². The van der Waals surface area contributed by atoms with Gasteiger partial charge in [-0.25, -0.2) is 4.98 Å². The lowest BCUT2D eigenvalue weighted by Gasteiger charge is -2.24. The highest BCUT2D eigenvalue weighted by molar-refractivity contribution is 7.14. The van der Waals surface area contributed by atoms with Crippen LogP contribution in [0, 0.1) is 29.6 Å². The van der Waals surface area contributed by atoms with Gasteiger partial charge in [-0.15, -0.1) is 11.3 Å². The fraction of sp³-hybridized carbons (Fsp3) is 0.0435. The van der Waals surface area contributed by atoms with Crippen molar-refractivity contribution in [2.45, 2.75) is 6.92 Å². The van der Waals surface area contributed by atoms with Crippen LogP contribution in [0.3, 0.4) is 0 Å². The van der Waals surface area contributed by atoms with E-state index < -0.39 is 0 Å². The summed E-state index contributed by atoms with van der Waals surface area (Å²) in [4.78, 5) is 10.9. The van der Waals surface area contributed by atoms with Crippen LogP contribution in [-0.2, 0) is 0 Å². The third kappa shape index (κ3) is 3.58. The van der Waals surface area contributed by atoms with Gasteiger partial charge in [0.05, 0.1) is 22.5 Å². The molecule has 2 heterocycles. The number of pyridine rings is 1. The van der Waals surface area contributed by atoms with E-state index in [2.05, 4.69) is 17.1 Å². The van der Waals surface area contributed by atoms with Crippen molar-refractivity contribution in [1.29, 1.82) is 10.5 Å². The third-order valence-corrected chi connectivity index (χ3v) is 5.34. The minimum Gasteiger partial charge on any atom is -0.286 e. The Morgan fingerprint density at radius 3 is 2.41 bits per heavy atom. The molecule has 0 bridgehead atoms. The molecule has 0 radical (unpaired) electrons. The van der Waals surface area contributed by atoms with E-state index in [4.69, 9.17) is 4.98 Å². The van der Waals surface area contributed by atoms with Gasteiger partial charge in [0.25, 0.3) is 0 Å². The Morgan fingerprint density at radius 2 is 1.69 bits per heavy atom. The number of nitriles is 2. The quantitative estimate of drug-likeness (QED) is 0.443. The van der Waals surface area contributed by atoms with Crippen LogP contribution in [0.2, 0.25) is 0 Å². The van der Waals surface area contributed by atoms with Gasteiger partial charge in [-0.05, 0) is 48.9 Å². The van der Waals surface area contributed by atoms with E-state index >= 15 is 0 Å². The lowest BCUT2D eigenvalue weighted by Crippen LogP contribution is -2.11. The van der Waals surface area contributed by atoms with Crippen LogP contribution in [-0.4, -0.2) is 9.97 Å². The summed E-state index contributed by atoms with van der Waals surface area (Å²) in [5.41, 5.74) is 5.38. The summed E-state index contributed by atoms with van der Waals surface area (Å²) >= 11 is 1.52. The minimum atomic E-state index is 0.342. The predicted octanol–water partition coefficient (Wildman–Crippen LogP) is 5.73. The van der Waals surface area contributed by atoms with Crippen molar-refractivity contribution in [3.05, 3.63) is 89.1 Å². The highest BCUT2D eigenvalue weighted by Gasteiger charge is 2.19. The van der Waals surface area contributed by atoms with Gasteiger partial charge in [0.1, 0.15) is 12.1 Å². The molecular weight excluding hydrogens is 378 g/mol. The second-order valence-electron chi connectivity index (χ2n) is 6.33. The first-order valence-electron chi connectivity index (χ1n) is 8.87. The number of para-hydroxylation sites is 1. The van der Waals surface area contributed by atoms with Crippen molar-refractivity contribution in [2.24, 2.45) is 0 Å². The van der Waals surface area contributed by atoms with Crippen LogP contribution in [0.25, 0.3) is 11.3 Å². The Kier molecular flexibility index (Phi) is 5.03. The molecule has 0 spiro atoms. The minimum absolute atomic E-state index is 0.342. The molecule has 0 N–H and O–H groups in total. The number of rotatable bonds is 4. The SMILES string of the molecule is Cc1ccccc1N(c1ccc(C#N)c(C#N)c1)c1nc(-c2ccncc2)cs1. The molecule has 4 aromatic rings. The first kappa shape index (κ1) is 18.4. The van der Waals surface area contributed by atoms with Gasteiger partial charge in [0.15, 0.2) is 5.13 Å². The average Bonchev–Trinajstić information content (AvgIpc) is 3.25. The summed E-state index contributed by atoms with van der Waals surface area (Å²) in [5, 5.41) is 21.5. The van der Waals surface area contributed by atoms with E-state index in [1.54, 1.807) is 24.5 Å². The zero-order valence-electron chi connectivity index (χ0n) is 15.6. The smallest absolute Gasteiger partial charge is 0.195 e. The molecule has 138 valence electrons. The Balaban J connectivity index is 1.87. The van der Waals surface area contributed by atoms with Gasteiger partial charge >= 0.3 is 0 Å². The van der Waals surface area contributed by atoms with Crippen molar-refractivity contribution < 1.29 is 0 Å². The fourth-order valence-electron chi connectivity index (χ4n) is 3.05. The van der Waals surface area contributed by atoms with Gasteiger partial charge in [-0.3, -0.25) is 9.88 Å². The first-order valence-corrected chi connectivity index (χ1v) is 9.75. The van der Waals surface area contributed by atoms with E-state index in [-0.39, 0.29) is 0 Å². The Hall–Kier alpha value is -4.00. The van der Waals surface area contributed by atoms with Crippen LogP contribution in [0.4, 0.5) is 16.5 Å². The Bertz CT molecular complexity index is 1250. The number of nitrogens with zero attached hydrogens (tertiary/aromatic N) is 5. The Labute approximate surface area is 172 Å². The molecule has 0 saturated heterocycles. The molecule has 0 saturated carbocycles. The van der Waals surface area contributed by atoms with E-state index in [1.807, 2.05) is 59.7 Å². The molecule has 0 aliphatic rings. The second kappa shape index (κ2) is 7.93. The number of aromatic nitrogens is 2. The van der Waals surface area contributed by atoms with Crippen molar-refractivity contribution in [1.82, 2.24) is 9.97 Å². The lowest BCUT2D eigenvalue weighted by molar-refractivity contribution is 1.21. The van der Waals surface area contributed by atoms with Gasteiger partial charge < -0.3 is 0 Å². The monoisotopic (exact) mass is 393 g/mol. The maximum absolute atomic E-state index is 9.47. The summed E-state index contributed by atoms with van der Waals surface area (Å²) in [7, 11) is 0. The maximum atomic E-state index is 9.47. The topological polar surface area (TPSA) is 76.6 Å². The summed E-state index contributed by atoms with van der Waals surface area (Å²) in [6, 6.07) is 21.3. The molecule has 2 aromatic carbocycles. The van der Waals surface area contributed by atoms with Crippen LogP contribution >= 0.6 is 11.3 Å². The molecule has 0 atom stereocenters. The normalized spacial score (nSPS) is 10.2. The van der Waals surface area contributed by atoms with Crippen LogP contribution in [0.15, 0.2) is 72.4 Å². The molecular formula is C23H15N5S. The van der Waals surface area contributed by atoms with Gasteiger partial charge in [-0.2, -0.15) is 10.5 Å². The average molecular weight is 393 g/mol. The van der Waals surface area contributed by atoms with E-state index in [0.29, 0.717) is 11.1 Å². The molecule has 0 amide bonds. The molecule has 0 fully saturated rings. The zero-order valence-corrected chi connectivity index (χ0v) is 16.4. The summed E-state index contributed by atoms with van der Waals surface area (Å²) in [6.07, 6.45) is 3.49. The highest BCUT2D eigenvalue weighted by atomic mass is 32.1. The second-order valence-corrected chi connectivity index (χ2v) is 7.16. The van der Waals surface area contributed by atoms with E-state index in [1.165, 1.54) is 11.3 Å². The highest BCUT2D eigenvalue weighted by Crippen LogP contribution is 2.40. The molecule has 5 nitrogen and oxygen atoms in total. The molecule has 29 heavy (non-hydrogen) atoms. The van der Waals surface area contributed by atoms with Crippen LogP contribution in [0.5, 0.6) is 0 Å². The number of benzene rings is 2. The molecule has 0 aliphatic carbocycles. The molecule has 0 unspecified atom stereocenters. The predicted molar refractivity (Wildman–Crippen MR) is 114 cm³/mol. The Morgan fingerprint density at radius 1 is 0.931 bits per heavy atom. The van der Waals surface area contributed by atoms with Crippen LogP contribution < -0.4 is 4.90 Å². The van der Waals surface area contributed by atoms with E-state index in [9.17, 15) is 10.5 Å².